The van der Waals surface area contributed by atoms with Crippen LogP contribution in [0.3, 0.4) is 0 Å². The Bertz CT molecular complexity index is 318. The van der Waals surface area contributed by atoms with Crippen molar-refractivity contribution >= 4 is 5.91 Å². The van der Waals surface area contributed by atoms with Crippen LogP contribution < -0.4 is 5.73 Å². The average Bonchev–Trinajstić information content (AvgIpc) is 2.53. The molecule has 122 valence electrons. The Morgan fingerprint density at radius 1 is 1.14 bits per heavy atom. The highest BCUT2D eigenvalue weighted by Crippen LogP contribution is 2.30. The Morgan fingerprint density at radius 3 is 2.29 bits per heavy atom. The first-order chi connectivity index (χ1) is 10.2. The van der Waals surface area contributed by atoms with Gasteiger partial charge < -0.3 is 10.6 Å². The summed E-state index contributed by atoms with van der Waals surface area (Å²) in [6.07, 6.45) is 6.89. The molecule has 0 radical (unpaired) electrons. The van der Waals surface area contributed by atoms with E-state index in [1.54, 1.807) is 0 Å². The molecular weight excluding hydrogens is 262 g/mol. The van der Waals surface area contributed by atoms with Gasteiger partial charge in [0.25, 0.3) is 0 Å². The summed E-state index contributed by atoms with van der Waals surface area (Å²) in [6.45, 7) is 9.17. The fourth-order valence-corrected chi connectivity index (χ4v) is 3.91. The van der Waals surface area contributed by atoms with E-state index in [9.17, 15) is 4.79 Å². The molecule has 1 aliphatic carbocycles. The first kappa shape index (κ1) is 16.8. The maximum atomic E-state index is 12.6. The maximum Gasteiger partial charge on any atom is 0.225 e. The van der Waals surface area contributed by atoms with Gasteiger partial charge in [-0.3, -0.25) is 9.69 Å². The van der Waals surface area contributed by atoms with E-state index < -0.39 is 0 Å². The van der Waals surface area contributed by atoms with Crippen LogP contribution in [0, 0.1) is 11.8 Å². The predicted molar refractivity (Wildman–Crippen MR) is 87.0 cm³/mol. The maximum absolute atomic E-state index is 12.6. The highest BCUT2D eigenvalue weighted by atomic mass is 16.2. The highest BCUT2D eigenvalue weighted by Gasteiger charge is 2.31. The third kappa shape index (κ3) is 4.43. The number of piperazine rings is 1. The summed E-state index contributed by atoms with van der Waals surface area (Å²) >= 11 is 0. The van der Waals surface area contributed by atoms with E-state index in [1.807, 2.05) is 0 Å². The van der Waals surface area contributed by atoms with Crippen molar-refractivity contribution in [3.05, 3.63) is 0 Å². The van der Waals surface area contributed by atoms with Crippen LogP contribution in [-0.4, -0.2) is 54.5 Å². The number of carbonyl (C=O) groups is 1. The van der Waals surface area contributed by atoms with Gasteiger partial charge in [0.05, 0.1) is 0 Å². The third-order valence-corrected chi connectivity index (χ3v) is 5.48. The van der Waals surface area contributed by atoms with Gasteiger partial charge in [0.1, 0.15) is 0 Å². The molecule has 2 fully saturated rings. The Morgan fingerprint density at radius 2 is 1.76 bits per heavy atom. The normalized spacial score (nSPS) is 29.4. The molecule has 0 aromatic carbocycles. The van der Waals surface area contributed by atoms with E-state index in [0.29, 0.717) is 17.9 Å². The smallest absolute Gasteiger partial charge is 0.225 e. The fraction of sp³-hybridized carbons (Fsp3) is 0.941. The van der Waals surface area contributed by atoms with E-state index >= 15 is 0 Å². The van der Waals surface area contributed by atoms with Crippen LogP contribution >= 0.6 is 0 Å². The van der Waals surface area contributed by atoms with E-state index in [0.717, 1.165) is 64.3 Å². The molecule has 2 aliphatic rings. The topological polar surface area (TPSA) is 49.6 Å². The summed E-state index contributed by atoms with van der Waals surface area (Å²) in [5.74, 6) is 1.54. The summed E-state index contributed by atoms with van der Waals surface area (Å²) in [5.41, 5.74) is 5.70. The first-order valence-corrected chi connectivity index (χ1v) is 8.88. The molecule has 4 heteroatoms. The zero-order chi connectivity index (χ0) is 15.2. The molecule has 4 nitrogen and oxygen atoms in total. The summed E-state index contributed by atoms with van der Waals surface area (Å²) in [5, 5.41) is 0. The number of nitrogens with two attached hydrogens (primary N) is 1. The van der Waals surface area contributed by atoms with E-state index in [4.69, 9.17) is 5.73 Å². The average molecular weight is 295 g/mol. The summed E-state index contributed by atoms with van der Waals surface area (Å²) in [6, 6.07) is 0.600. The SMILES string of the molecule is CCC(CCN)N1CCN(C(=O)C2CCC(C)CC2)CC1. The van der Waals surface area contributed by atoms with Crippen molar-refractivity contribution in [2.24, 2.45) is 17.6 Å². The third-order valence-electron chi connectivity index (χ3n) is 5.48. The van der Waals surface area contributed by atoms with Gasteiger partial charge in [-0.2, -0.15) is 0 Å². The van der Waals surface area contributed by atoms with Gasteiger partial charge in [0, 0.05) is 38.1 Å². The zero-order valence-corrected chi connectivity index (χ0v) is 13.9. The highest BCUT2D eigenvalue weighted by molar-refractivity contribution is 5.79. The Kier molecular flexibility index (Phi) is 6.49. The van der Waals surface area contributed by atoms with Crippen molar-refractivity contribution in [3.63, 3.8) is 0 Å². The Hall–Kier alpha value is -0.610. The molecule has 2 rings (SSSR count). The van der Waals surface area contributed by atoms with Crippen molar-refractivity contribution in [2.75, 3.05) is 32.7 Å². The van der Waals surface area contributed by atoms with E-state index in [-0.39, 0.29) is 0 Å². The Labute approximate surface area is 130 Å². The van der Waals surface area contributed by atoms with Crippen molar-refractivity contribution in [3.8, 4) is 0 Å². The lowest BCUT2D eigenvalue weighted by atomic mass is 9.82. The molecule has 1 amide bonds. The van der Waals surface area contributed by atoms with Gasteiger partial charge in [-0.15, -0.1) is 0 Å². The molecule has 1 saturated heterocycles. The van der Waals surface area contributed by atoms with Crippen LogP contribution in [0.2, 0.25) is 0 Å². The van der Waals surface area contributed by atoms with Gasteiger partial charge in [0.2, 0.25) is 5.91 Å². The largest absolute Gasteiger partial charge is 0.340 e. The Balaban J connectivity index is 1.79. The van der Waals surface area contributed by atoms with Crippen molar-refractivity contribution in [2.45, 2.75) is 58.4 Å². The van der Waals surface area contributed by atoms with Crippen LogP contribution in [0.4, 0.5) is 0 Å². The fourth-order valence-electron chi connectivity index (χ4n) is 3.91. The lowest BCUT2D eigenvalue weighted by Gasteiger charge is -2.40. The number of rotatable bonds is 5. The lowest BCUT2D eigenvalue weighted by molar-refractivity contribution is -0.139. The number of hydrogen-bond acceptors (Lipinski definition) is 3. The van der Waals surface area contributed by atoms with Crippen LogP contribution in [0.15, 0.2) is 0 Å². The molecule has 1 saturated carbocycles. The van der Waals surface area contributed by atoms with Gasteiger partial charge in [-0.1, -0.05) is 13.8 Å². The zero-order valence-electron chi connectivity index (χ0n) is 13.9. The van der Waals surface area contributed by atoms with E-state index in [1.165, 1.54) is 12.8 Å². The van der Waals surface area contributed by atoms with Gasteiger partial charge in [-0.05, 0) is 51.0 Å². The second kappa shape index (κ2) is 8.14. The first-order valence-electron chi connectivity index (χ1n) is 8.88. The second-order valence-electron chi connectivity index (χ2n) is 6.96. The van der Waals surface area contributed by atoms with Crippen molar-refractivity contribution in [1.82, 2.24) is 9.80 Å². The number of nitrogens with zero attached hydrogens (tertiary/aromatic N) is 2. The van der Waals surface area contributed by atoms with Gasteiger partial charge >= 0.3 is 0 Å². The van der Waals surface area contributed by atoms with Crippen LogP contribution in [0.1, 0.15) is 52.4 Å². The van der Waals surface area contributed by atoms with Gasteiger partial charge in [-0.25, -0.2) is 0 Å². The minimum atomic E-state index is 0.304. The minimum Gasteiger partial charge on any atom is -0.340 e. The van der Waals surface area contributed by atoms with Crippen LogP contribution in [-0.2, 0) is 4.79 Å². The minimum absolute atomic E-state index is 0.304. The number of hydrogen-bond donors (Lipinski definition) is 1. The second-order valence-corrected chi connectivity index (χ2v) is 6.96. The molecular formula is C17H33N3O. The standard InChI is InChI=1S/C17H33N3O/c1-3-16(8-9-18)19-10-12-20(13-11-19)17(21)15-6-4-14(2)5-7-15/h14-16H,3-13,18H2,1-2H3. The van der Waals surface area contributed by atoms with Crippen molar-refractivity contribution < 1.29 is 4.79 Å². The predicted octanol–water partition coefficient (Wildman–Crippen LogP) is 2.08. The molecule has 1 heterocycles. The molecule has 2 N–H and O–H groups in total. The monoisotopic (exact) mass is 295 g/mol. The molecule has 1 unspecified atom stereocenters. The number of carbonyl (C=O) groups excluding carboxylic acids is 1. The van der Waals surface area contributed by atoms with Crippen LogP contribution in [0.5, 0.6) is 0 Å². The van der Waals surface area contributed by atoms with E-state index in [2.05, 4.69) is 23.6 Å². The molecule has 1 aliphatic heterocycles. The molecule has 0 aromatic rings. The molecule has 21 heavy (non-hydrogen) atoms. The molecule has 1 atom stereocenters. The number of amides is 1. The van der Waals surface area contributed by atoms with Gasteiger partial charge in [0.15, 0.2) is 0 Å². The van der Waals surface area contributed by atoms with Crippen molar-refractivity contribution in [1.29, 1.82) is 0 Å². The van der Waals surface area contributed by atoms with Crippen LogP contribution in [0.25, 0.3) is 0 Å². The summed E-state index contributed by atoms with van der Waals surface area (Å²) in [4.78, 5) is 17.3. The quantitative estimate of drug-likeness (QED) is 0.845. The molecule has 0 bridgehead atoms. The lowest BCUT2D eigenvalue weighted by Crippen LogP contribution is -2.53. The molecule has 0 aromatic heterocycles. The summed E-state index contributed by atoms with van der Waals surface area (Å²) in [7, 11) is 0. The summed E-state index contributed by atoms with van der Waals surface area (Å²) < 4.78 is 0. The molecule has 0 spiro atoms.